The summed E-state index contributed by atoms with van der Waals surface area (Å²) in [7, 11) is 0. The number of nitrogens with two attached hydrogens (primary N) is 1. The van der Waals surface area contributed by atoms with Gasteiger partial charge in [0, 0.05) is 51.8 Å². The molecule has 2 aliphatic heterocycles. The molecule has 0 spiro atoms. The lowest BCUT2D eigenvalue weighted by molar-refractivity contribution is -0.155. The van der Waals surface area contributed by atoms with E-state index in [1.807, 2.05) is 6.07 Å². The number of alkyl carbamates (subject to hydrolysis) is 1. The zero-order chi connectivity index (χ0) is 32.0. The molecule has 3 amide bonds. The van der Waals surface area contributed by atoms with Gasteiger partial charge >= 0.3 is 12.1 Å². The number of amides is 3. The number of fused-ring (bicyclic) bond motifs is 1. The van der Waals surface area contributed by atoms with Crippen molar-refractivity contribution >= 4 is 69.8 Å². The van der Waals surface area contributed by atoms with Gasteiger partial charge < -0.3 is 26.2 Å². The van der Waals surface area contributed by atoms with Crippen molar-refractivity contribution in [3.8, 4) is 0 Å². The Bertz CT molecular complexity index is 1520. The van der Waals surface area contributed by atoms with Crippen LogP contribution in [0.4, 0.5) is 9.93 Å². The number of aromatic nitrogens is 3. The number of pyridine rings is 1. The molecule has 4 rings (SSSR count). The van der Waals surface area contributed by atoms with Gasteiger partial charge in [-0.05, 0) is 45.7 Å². The molecule has 4 heterocycles. The Kier molecular flexibility index (Phi) is 10.6. The lowest BCUT2D eigenvalue weighted by atomic mass is 9.86. The van der Waals surface area contributed by atoms with E-state index < -0.39 is 41.6 Å². The number of aliphatic imine (C=N–C) groups is 1. The van der Waals surface area contributed by atoms with Crippen molar-refractivity contribution in [2.45, 2.75) is 61.9 Å². The molecule has 0 aliphatic carbocycles. The SMILES string of the molecule is C=CN=C(C(=O)NC1C(=O)N2C(C(=O)O)=C(Sc3cccnc3CSCCNC(=O)OC(C)(C)C)CCC12)c1nsc(N)n1. The average Bonchev–Trinajstić information content (AvgIpc) is 3.39. The van der Waals surface area contributed by atoms with Gasteiger partial charge in [-0.2, -0.15) is 21.1 Å². The van der Waals surface area contributed by atoms with E-state index in [-0.39, 0.29) is 22.4 Å². The fraction of sp³-hybridized carbons (Fsp3) is 0.407. The van der Waals surface area contributed by atoms with Gasteiger partial charge in [0.25, 0.3) is 11.8 Å². The minimum atomic E-state index is -1.24. The molecular weight excluding hydrogens is 629 g/mol. The number of aliphatic carboxylic acids is 1. The predicted octanol–water partition coefficient (Wildman–Crippen LogP) is 2.78. The Labute approximate surface area is 266 Å². The standard InChI is InChI=1S/C27H32N8O6S3/c1-5-29-19(21-33-25(28)44-34-21)22(36)32-18-15-8-9-17(20(24(38)39)35(15)23(18)37)43-16-7-6-10-30-14(16)13-42-12-11-31-26(40)41-27(2,3)4/h5-7,10,15,18H,1,8-9,11-13H2,2-4H3,(H,31,40)(H,32,36)(H,38,39)(H2,28,33,34). The predicted molar refractivity (Wildman–Crippen MR) is 168 cm³/mol. The summed E-state index contributed by atoms with van der Waals surface area (Å²) in [5, 5.41) is 15.6. The number of β-lactam (4-membered cyclic amide) rings is 1. The van der Waals surface area contributed by atoms with Gasteiger partial charge in [0.1, 0.15) is 17.3 Å². The number of nitrogens with zero attached hydrogens (tertiary/aromatic N) is 5. The van der Waals surface area contributed by atoms with Gasteiger partial charge in [-0.15, -0.1) is 0 Å². The maximum atomic E-state index is 13.2. The molecule has 0 saturated carbocycles. The zero-order valence-electron chi connectivity index (χ0n) is 24.2. The molecular formula is C27H32N8O6S3. The van der Waals surface area contributed by atoms with Crippen LogP contribution < -0.4 is 16.4 Å². The first-order chi connectivity index (χ1) is 20.9. The van der Waals surface area contributed by atoms with Gasteiger partial charge in [0.2, 0.25) is 0 Å². The number of anilines is 1. The van der Waals surface area contributed by atoms with Crippen LogP contribution in [0.5, 0.6) is 0 Å². The van der Waals surface area contributed by atoms with Crippen molar-refractivity contribution in [2.75, 3.05) is 18.0 Å². The van der Waals surface area contributed by atoms with E-state index in [9.17, 15) is 24.3 Å². The highest BCUT2D eigenvalue weighted by atomic mass is 32.2. The molecule has 1 fully saturated rings. The minimum absolute atomic E-state index is 0.00622. The number of hydrogen-bond acceptors (Lipinski definition) is 13. The molecule has 2 aromatic rings. The van der Waals surface area contributed by atoms with Crippen LogP contribution in [0, 0.1) is 0 Å². The van der Waals surface area contributed by atoms with E-state index >= 15 is 0 Å². The van der Waals surface area contributed by atoms with Crippen molar-refractivity contribution in [1.82, 2.24) is 29.9 Å². The second-order valence-corrected chi connectivity index (χ2v) is 13.5. The highest BCUT2D eigenvalue weighted by Crippen LogP contribution is 2.44. The summed E-state index contributed by atoms with van der Waals surface area (Å²) >= 11 is 3.72. The topological polar surface area (TPSA) is 202 Å². The summed E-state index contributed by atoms with van der Waals surface area (Å²) in [5.74, 6) is -1.32. The number of nitrogens with one attached hydrogen (secondary N) is 2. The number of hydrogen-bond donors (Lipinski definition) is 4. The van der Waals surface area contributed by atoms with Crippen molar-refractivity contribution in [3.05, 3.63) is 53.2 Å². The van der Waals surface area contributed by atoms with Crippen LogP contribution in [0.25, 0.3) is 0 Å². The number of carbonyl (C=O) groups excluding carboxylic acids is 3. The average molecular weight is 661 g/mol. The third-order valence-electron chi connectivity index (χ3n) is 6.21. The number of ether oxygens (including phenoxy) is 1. The Morgan fingerprint density at radius 3 is 2.80 bits per heavy atom. The Morgan fingerprint density at radius 1 is 1.36 bits per heavy atom. The number of allylic oxidation sites excluding steroid dienone is 1. The van der Waals surface area contributed by atoms with E-state index in [4.69, 9.17) is 10.5 Å². The van der Waals surface area contributed by atoms with Gasteiger partial charge in [-0.25, -0.2) is 14.6 Å². The van der Waals surface area contributed by atoms with Crippen LogP contribution in [-0.4, -0.2) is 83.9 Å². The molecule has 14 nitrogen and oxygen atoms in total. The Morgan fingerprint density at radius 2 is 2.14 bits per heavy atom. The Hall–Kier alpha value is -3.96. The molecule has 0 radical (unpaired) electrons. The van der Waals surface area contributed by atoms with Gasteiger partial charge in [0.05, 0.1) is 11.7 Å². The molecule has 0 bridgehead atoms. The van der Waals surface area contributed by atoms with Gasteiger partial charge in [-0.1, -0.05) is 18.3 Å². The molecule has 234 valence electrons. The number of nitrogen functional groups attached to an aromatic ring is 1. The minimum Gasteiger partial charge on any atom is -0.477 e. The monoisotopic (exact) mass is 660 g/mol. The van der Waals surface area contributed by atoms with Crippen molar-refractivity contribution in [2.24, 2.45) is 4.99 Å². The molecule has 2 unspecified atom stereocenters. The van der Waals surface area contributed by atoms with Crippen LogP contribution in [0.1, 0.15) is 45.1 Å². The molecule has 1 saturated heterocycles. The second kappa shape index (κ2) is 14.2. The van der Waals surface area contributed by atoms with Crippen molar-refractivity contribution in [3.63, 3.8) is 0 Å². The summed E-state index contributed by atoms with van der Waals surface area (Å²) in [6.07, 6.45) is 3.15. The van der Waals surface area contributed by atoms with E-state index in [0.717, 1.165) is 28.3 Å². The van der Waals surface area contributed by atoms with Crippen LogP contribution in [0.2, 0.25) is 0 Å². The van der Waals surface area contributed by atoms with E-state index in [2.05, 4.69) is 36.5 Å². The highest BCUT2D eigenvalue weighted by molar-refractivity contribution is 8.03. The van der Waals surface area contributed by atoms with E-state index in [0.29, 0.717) is 35.8 Å². The van der Waals surface area contributed by atoms with Crippen molar-refractivity contribution < 1.29 is 29.0 Å². The first kappa shape index (κ1) is 32.9. The zero-order valence-corrected chi connectivity index (χ0v) is 26.7. The summed E-state index contributed by atoms with van der Waals surface area (Å²) in [6.45, 7) is 9.30. The quantitative estimate of drug-likeness (QED) is 0.148. The molecule has 5 N–H and O–H groups in total. The van der Waals surface area contributed by atoms with Crippen LogP contribution >= 0.6 is 35.1 Å². The fourth-order valence-corrected chi connectivity index (χ4v) is 6.94. The summed E-state index contributed by atoms with van der Waals surface area (Å²) < 4.78 is 9.24. The lowest BCUT2D eigenvalue weighted by Crippen LogP contribution is -2.72. The molecule has 2 aromatic heterocycles. The number of rotatable bonds is 12. The summed E-state index contributed by atoms with van der Waals surface area (Å²) in [5.41, 5.74) is 5.55. The van der Waals surface area contributed by atoms with E-state index in [1.54, 1.807) is 44.8 Å². The first-order valence-corrected chi connectivity index (χ1v) is 16.2. The normalized spacial score (nSPS) is 18.3. The van der Waals surface area contributed by atoms with Crippen LogP contribution in [0.15, 0.2) is 51.6 Å². The number of thioether (sulfide) groups is 2. The number of carbonyl (C=O) groups is 4. The number of carboxylic acid groups (broad SMARTS) is 1. The molecule has 2 aliphatic rings. The molecule has 0 aromatic carbocycles. The first-order valence-electron chi connectivity index (χ1n) is 13.4. The third-order valence-corrected chi connectivity index (χ3v) is 8.95. The second-order valence-electron chi connectivity index (χ2n) is 10.5. The fourth-order valence-electron chi connectivity index (χ4n) is 4.44. The summed E-state index contributed by atoms with van der Waals surface area (Å²) in [6, 6.07) is 2.14. The maximum Gasteiger partial charge on any atom is 0.407 e. The lowest BCUT2D eigenvalue weighted by Gasteiger charge is -2.50. The van der Waals surface area contributed by atoms with Crippen molar-refractivity contribution in [1.29, 1.82) is 0 Å². The van der Waals surface area contributed by atoms with Crippen LogP contribution in [0.3, 0.4) is 0 Å². The van der Waals surface area contributed by atoms with Crippen LogP contribution in [-0.2, 0) is 24.9 Å². The molecule has 44 heavy (non-hydrogen) atoms. The highest BCUT2D eigenvalue weighted by Gasteiger charge is 2.54. The summed E-state index contributed by atoms with van der Waals surface area (Å²) in [4.78, 5) is 65.3. The molecule has 17 heteroatoms. The maximum absolute atomic E-state index is 13.2. The largest absolute Gasteiger partial charge is 0.477 e. The molecule has 2 atom stereocenters. The van der Waals surface area contributed by atoms with Gasteiger partial charge in [0.15, 0.2) is 16.7 Å². The van der Waals surface area contributed by atoms with Gasteiger partial charge in [-0.3, -0.25) is 19.5 Å². The third kappa shape index (κ3) is 7.95. The Balaban J connectivity index is 1.41. The van der Waals surface area contributed by atoms with E-state index in [1.165, 1.54) is 16.7 Å². The number of carboxylic acids is 1. The smallest absolute Gasteiger partial charge is 0.407 e.